The fourth-order valence-corrected chi connectivity index (χ4v) is 2.88. The molecule has 1 heterocycles. The molecule has 0 fully saturated rings. The Balaban J connectivity index is 2.18. The Kier molecular flexibility index (Phi) is 4.96. The minimum Gasteiger partial charge on any atom is -0.379 e. The maximum Gasteiger partial charge on any atom is 0.312 e. The fourth-order valence-electron chi connectivity index (χ4n) is 2.16. The topological polar surface area (TPSA) is 133 Å². The Hall–Kier alpha value is -2.46. The number of nitrogens with one attached hydrogen (secondary N) is 1. The van der Waals surface area contributed by atoms with Gasteiger partial charge in [-0.2, -0.15) is 5.10 Å². The van der Waals surface area contributed by atoms with Crippen LogP contribution < -0.4 is 10.5 Å². The molecule has 23 heavy (non-hydrogen) atoms. The highest BCUT2D eigenvalue weighted by Gasteiger charge is 2.26. The molecule has 10 heteroatoms. The minimum atomic E-state index is -4.18. The van der Waals surface area contributed by atoms with Gasteiger partial charge in [0.05, 0.1) is 4.92 Å². The van der Waals surface area contributed by atoms with Crippen LogP contribution in [0.25, 0.3) is 0 Å². The van der Waals surface area contributed by atoms with Gasteiger partial charge in [0.2, 0.25) is 10.0 Å². The van der Waals surface area contributed by atoms with E-state index in [-0.39, 0.29) is 11.6 Å². The van der Waals surface area contributed by atoms with Crippen molar-refractivity contribution in [3.05, 3.63) is 46.8 Å². The number of nitrogens with zero attached hydrogens (tertiary/aromatic N) is 3. The highest BCUT2D eigenvalue weighted by molar-refractivity contribution is 7.89. The van der Waals surface area contributed by atoms with Gasteiger partial charge in [-0.3, -0.25) is 14.8 Å². The summed E-state index contributed by atoms with van der Waals surface area (Å²) in [6.07, 6.45) is 3.49. The monoisotopic (exact) mass is 339 g/mol. The zero-order chi connectivity index (χ0) is 17.0. The van der Waals surface area contributed by atoms with Crippen molar-refractivity contribution in [2.75, 3.05) is 11.9 Å². The number of benzene rings is 1. The third-order valence-corrected chi connectivity index (χ3v) is 4.13. The molecule has 0 saturated carbocycles. The van der Waals surface area contributed by atoms with Gasteiger partial charge >= 0.3 is 5.69 Å². The first-order valence-electron chi connectivity index (χ1n) is 6.80. The van der Waals surface area contributed by atoms with Crippen LogP contribution in [-0.2, 0) is 16.6 Å². The van der Waals surface area contributed by atoms with Gasteiger partial charge in [0.25, 0.3) is 0 Å². The van der Waals surface area contributed by atoms with Gasteiger partial charge < -0.3 is 5.32 Å². The SMILES string of the molecule is CC(CNc1cccc(S(N)(=O)=O)c1[N+](=O)[O-])Cn1cccn1. The minimum absolute atomic E-state index is 0.118. The molecule has 0 spiro atoms. The molecule has 0 aliphatic rings. The lowest BCUT2D eigenvalue weighted by atomic mass is 10.1. The molecule has 1 aromatic carbocycles. The maximum atomic E-state index is 11.5. The average Bonchev–Trinajstić information content (AvgIpc) is 2.96. The zero-order valence-electron chi connectivity index (χ0n) is 12.4. The Morgan fingerprint density at radius 3 is 2.74 bits per heavy atom. The molecule has 0 radical (unpaired) electrons. The summed E-state index contributed by atoms with van der Waals surface area (Å²) in [4.78, 5) is 9.96. The molecule has 0 amide bonds. The number of aromatic nitrogens is 2. The van der Waals surface area contributed by atoms with Crippen LogP contribution in [0.5, 0.6) is 0 Å². The number of primary sulfonamides is 1. The van der Waals surface area contributed by atoms with Gasteiger partial charge in [-0.05, 0) is 24.1 Å². The maximum absolute atomic E-state index is 11.5. The number of anilines is 1. The van der Waals surface area contributed by atoms with Crippen molar-refractivity contribution in [1.29, 1.82) is 0 Å². The van der Waals surface area contributed by atoms with E-state index in [0.29, 0.717) is 13.1 Å². The molecular weight excluding hydrogens is 322 g/mol. The summed E-state index contributed by atoms with van der Waals surface area (Å²) in [5, 5.41) is 23.3. The smallest absolute Gasteiger partial charge is 0.312 e. The van der Waals surface area contributed by atoms with Gasteiger partial charge in [-0.15, -0.1) is 0 Å². The molecule has 0 bridgehead atoms. The van der Waals surface area contributed by atoms with Crippen LogP contribution in [-0.4, -0.2) is 29.7 Å². The molecule has 0 aliphatic carbocycles. The second kappa shape index (κ2) is 6.75. The molecule has 124 valence electrons. The number of nitrogens with two attached hydrogens (primary N) is 1. The Morgan fingerprint density at radius 2 is 2.17 bits per heavy atom. The van der Waals surface area contributed by atoms with Gasteiger partial charge in [-0.25, -0.2) is 13.6 Å². The molecule has 9 nitrogen and oxygen atoms in total. The number of hydrogen-bond donors (Lipinski definition) is 2. The number of sulfonamides is 1. The third-order valence-electron chi connectivity index (χ3n) is 3.19. The molecule has 2 rings (SSSR count). The molecule has 0 aliphatic heterocycles. The average molecular weight is 339 g/mol. The quantitative estimate of drug-likeness (QED) is 0.575. The fraction of sp³-hybridized carbons (Fsp3) is 0.308. The first-order chi connectivity index (χ1) is 10.8. The standard InChI is InChI=1S/C13H17N5O4S/c1-10(9-17-7-3-6-16-17)8-15-11-4-2-5-12(23(14,21)22)13(11)18(19)20/h2-7,10,15H,8-9H2,1H3,(H2,14,21,22). The molecule has 0 saturated heterocycles. The molecular formula is C13H17N5O4S. The number of hydrogen-bond acceptors (Lipinski definition) is 6. The van der Waals surface area contributed by atoms with Crippen LogP contribution >= 0.6 is 0 Å². The molecule has 2 aromatic rings. The zero-order valence-corrected chi connectivity index (χ0v) is 13.2. The normalized spacial score (nSPS) is 12.8. The van der Waals surface area contributed by atoms with Crippen LogP contribution in [0.15, 0.2) is 41.6 Å². The van der Waals surface area contributed by atoms with Gasteiger partial charge in [-0.1, -0.05) is 13.0 Å². The lowest BCUT2D eigenvalue weighted by Gasteiger charge is -2.14. The van der Waals surface area contributed by atoms with Crippen molar-refractivity contribution < 1.29 is 13.3 Å². The van der Waals surface area contributed by atoms with Crippen LogP contribution in [0.4, 0.5) is 11.4 Å². The van der Waals surface area contributed by atoms with E-state index < -0.39 is 25.5 Å². The van der Waals surface area contributed by atoms with E-state index in [1.807, 2.05) is 13.1 Å². The van der Waals surface area contributed by atoms with E-state index in [1.54, 1.807) is 16.9 Å². The van der Waals surface area contributed by atoms with Crippen molar-refractivity contribution in [2.24, 2.45) is 11.1 Å². The lowest BCUT2D eigenvalue weighted by molar-refractivity contribution is -0.386. The summed E-state index contributed by atoms with van der Waals surface area (Å²) >= 11 is 0. The van der Waals surface area contributed by atoms with Crippen molar-refractivity contribution in [3.63, 3.8) is 0 Å². The molecule has 1 unspecified atom stereocenters. The first-order valence-corrected chi connectivity index (χ1v) is 8.35. The van der Waals surface area contributed by atoms with Crippen LogP contribution in [0.1, 0.15) is 6.92 Å². The Labute approximate surface area is 133 Å². The van der Waals surface area contributed by atoms with Crippen molar-refractivity contribution in [3.8, 4) is 0 Å². The van der Waals surface area contributed by atoms with Crippen LogP contribution in [0.2, 0.25) is 0 Å². The summed E-state index contributed by atoms with van der Waals surface area (Å²) in [5.41, 5.74) is -0.421. The molecule has 1 aromatic heterocycles. The third kappa shape index (κ3) is 4.27. The second-order valence-electron chi connectivity index (χ2n) is 5.17. The Bertz CT molecular complexity index is 789. The van der Waals surface area contributed by atoms with Crippen molar-refractivity contribution in [2.45, 2.75) is 18.4 Å². The number of rotatable bonds is 7. The van der Waals surface area contributed by atoms with Gasteiger partial charge in [0.1, 0.15) is 5.69 Å². The van der Waals surface area contributed by atoms with Crippen molar-refractivity contribution in [1.82, 2.24) is 9.78 Å². The Morgan fingerprint density at radius 1 is 1.43 bits per heavy atom. The van der Waals surface area contributed by atoms with Crippen LogP contribution in [0.3, 0.4) is 0 Å². The highest BCUT2D eigenvalue weighted by Crippen LogP contribution is 2.31. The highest BCUT2D eigenvalue weighted by atomic mass is 32.2. The van der Waals surface area contributed by atoms with E-state index in [1.165, 1.54) is 12.1 Å². The number of nitro benzene ring substituents is 1. The van der Waals surface area contributed by atoms with Gasteiger partial charge in [0.15, 0.2) is 4.90 Å². The largest absolute Gasteiger partial charge is 0.379 e. The molecule has 1 atom stereocenters. The summed E-state index contributed by atoms with van der Waals surface area (Å²) in [6.45, 7) is 2.99. The van der Waals surface area contributed by atoms with E-state index in [4.69, 9.17) is 5.14 Å². The predicted octanol–water partition coefficient (Wildman–Crippen LogP) is 1.19. The van der Waals surface area contributed by atoms with E-state index in [0.717, 1.165) is 6.07 Å². The van der Waals surface area contributed by atoms with Crippen molar-refractivity contribution >= 4 is 21.4 Å². The van der Waals surface area contributed by atoms with E-state index in [9.17, 15) is 18.5 Å². The second-order valence-corrected chi connectivity index (χ2v) is 6.70. The van der Waals surface area contributed by atoms with E-state index in [2.05, 4.69) is 10.4 Å². The lowest BCUT2D eigenvalue weighted by Crippen LogP contribution is -2.19. The number of para-hydroxylation sites is 1. The predicted molar refractivity (Wildman–Crippen MR) is 84.4 cm³/mol. The number of nitro groups is 1. The molecule has 3 N–H and O–H groups in total. The van der Waals surface area contributed by atoms with Crippen LogP contribution in [0, 0.1) is 16.0 Å². The van der Waals surface area contributed by atoms with Gasteiger partial charge in [0, 0.05) is 25.5 Å². The first kappa shape index (κ1) is 16.9. The summed E-state index contributed by atoms with van der Waals surface area (Å²) in [5.74, 6) is 0.118. The summed E-state index contributed by atoms with van der Waals surface area (Å²) < 4.78 is 24.7. The summed E-state index contributed by atoms with van der Waals surface area (Å²) in [7, 11) is -4.18. The van der Waals surface area contributed by atoms with E-state index >= 15 is 0 Å². The summed E-state index contributed by atoms with van der Waals surface area (Å²) in [6, 6.07) is 5.78.